The van der Waals surface area contributed by atoms with Crippen molar-refractivity contribution in [3.05, 3.63) is 29.0 Å². The molecule has 0 aromatic carbocycles. The van der Waals surface area contributed by atoms with Gasteiger partial charge in [-0.05, 0) is 24.4 Å². The van der Waals surface area contributed by atoms with Crippen LogP contribution >= 0.6 is 11.3 Å². The van der Waals surface area contributed by atoms with Gasteiger partial charge in [0.25, 0.3) is 0 Å². The second-order valence-electron chi connectivity index (χ2n) is 2.37. The highest BCUT2D eigenvalue weighted by molar-refractivity contribution is 7.16. The summed E-state index contributed by atoms with van der Waals surface area (Å²) in [5.74, 6) is -0.226. The average Bonchev–Trinajstić information content (AvgIpc) is 2.36. The first-order valence-electron chi connectivity index (χ1n) is 3.28. The molecule has 0 aliphatic heterocycles. The van der Waals surface area contributed by atoms with Crippen LogP contribution in [0.4, 0.5) is 4.39 Å². The van der Waals surface area contributed by atoms with Gasteiger partial charge in [-0.1, -0.05) is 0 Å². The van der Waals surface area contributed by atoms with Crippen molar-refractivity contribution in [2.24, 2.45) is 0 Å². The Kier molecular flexibility index (Phi) is 1.39. The molecule has 0 unspecified atom stereocenters. The molecule has 0 fully saturated rings. The van der Waals surface area contributed by atoms with Crippen LogP contribution in [0.2, 0.25) is 0 Å². The Morgan fingerprint density at radius 2 is 2.36 bits per heavy atom. The van der Waals surface area contributed by atoms with Gasteiger partial charge in [-0.2, -0.15) is 0 Å². The van der Waals surface area contributed by atoms with E-state index in [9.17, 15) is 4.39 Å². The van der Waals surface area contributed by atoms with Crippen LogP contribution in [0.5, 0.6) is 0 Å². The molecule has 2 heterocycles. The van der Waals surface area contributed by atoms with Crippen LogP contribution in [0.1, 0.15) is 5.69 Å². The summed E-state index contributed by atoms with van der Waals surface area (Å²) in [5.41, 5.74) is 0.472. The molecule has 0 amide bonds. The Bertz CT molecular complexity index is 358. The quantitative estimate of drug-likeness (QED) is 0.588. The summed E-state index contributed by atoms with van der Waals surface area (Å²) in [6, 6.07) is 3.39. The summed E-state index contributed by atoms with van der Waals surface area (Å²) < 4.78 is 12.9. The van der Waals surface area contributed by atoms with Crippen molar-refractivity contribution in [1.29, 1.82) is 0 Å². The highest BCUT2D eigenvalue weighted by Gasteiger charge is 2.01. The molecule has 0 aliphatic rings. The molecule has 11 heavy (non-hydrogen) atoms. The van der Waals surface area contributed by atoms with Crippen molar-refractivity contribution in [1.82, 2.24) is 4.98 Å². The van der Waals surface area contributed by atoms with Crippen LogP contribution < -0.4 is 0 Å². The summed E-state index contributed by atoms with van der Waals surface area (Å²) in [6.07, 6.45) is 0. The number of nitrogens with zero attached hydrogens (tertiary/aromatic N) is 1. The van der Waals surface area contributed by atoms with E-state index in [1.165, 1.54) is 17.4 Å². The van der Waals surface area contributed by atoms with Gasteiger partial charge in [0.15, 0.2) is 0 Å². The lowest BCUT2D eigenvalue weighted by molar-refractivity contribution is 0.613. The molecule has 0 N–H and O–H groups in total. The summed E-state index contributed by atoms with van der Waals surface area (Å²) in [4.78, 5) is 4.99. The van der Waals surface area contributed by atoms with Crippen LogP contribution in [-0.2, 0) is 0 Å². The maximum Gasteiger partial charge on any atom is 0.145 e. The van der Waals surface area contributed by atoms with Crippen molar-refractivity contribution >= 4 is 21.6 Å². The van der Waals surface area contributed by atoms with Gasteiger partial charge >= 0.3 is 0 Å². The molecule has 56 valence electrons. The lowest BCUT2D eigenvalue weighted by atomic mass is 10.3. The van der Waals surface area contributed by atoms with E-state index in [0.29, 0.717) is 5.69 Å². The van der Waals surface area contributed by atoms with Crippen molar-refractivity contribution in [3.63, 3.8) is 0 Å². The van der Waals surface area contributed by atoms with Gasteiger partial charge in [0.1, 0.15) is 10.6 Å². The number of hydrogen-bond acceptors (Lipinski definition) is 2. The van der Waals surface area contributed by atoms with Crippen molar-refractivity contribution in [3.8, 4) is 0 Å². The smallest absolute Gasteiger partial charge is 0.145 e. The first-order valence-corrected chi connectivity index (χ1v) is 4.16. The van der Waals surface area contributed by atoms with Crippen LogP contribution in [0, 0.1) is 12.7 Å². The van der Waals surface area contributed by atoms with E-state index in [2.05, 4.69) is 4.98 Å². The van der Waals surface area contributed by atoms with E-state index in [4.69, 9.17) is 0 Å². The van der Waals surface area contributed by atoms with Gasteiger partial charge in [0.05, 0.1) is 5.69 Å². The number of rotatable bonds is 0. The Morgan fingerprint density at radius 1 is 1.55 bits per heavy atom. The van der Waals surface area contributed by atoms with E-state index >= 15 is 0 Å². The van der Waals surface area contributed by atoms with E-state index in [1.807, 2.05) is 11.4 Å². The molecule has 1 nitrogen and oxygen atoms in total. The van der Waals surface area contributed by atoms with Crippen molar-refractivity contribution < 1.29 is 4.39 Å². The minimum atomic E-state index is -0.226. The third-order valence-electron chi connectivity index (χ3n) is 1.57. The van der Waals surface area contributed by atoms with Gasteiger partial charge in [-0.25, -0.2) is 9.37 Å². The predicted molar refractivity (Wildman–Crippen MR) is 44.3 cm³/mol. The Hall–Kier alpha value is -0.960. The lowest BCUT2D eigenvalue weighted by Gasteiger charge is -1.93. The lowest BCUT2D eigenvalue weighted by Crippen LogP contribution is -1.85. The zero-order valence-electron chi connectivity index (χ0n) is 5.97. The molecule has 0 aliphatic carbocycles. The summed E-state index contributed by atoms with van der Waals surface area (Å²) in [6.45, 7) is 1.68. The summed E-state index contributed by atoms with van der Waals surface area (Å²) >= 11 is 1.53. The van der Waals surface area contributed by atoms with Crippen LogP contribution in [0.25, 0.3) is 10.2 Å². The minimum Gasteiger partial charge on any atom is -0.239 e. The first kappa shape index (κ1) is 6.73. The normalized spacial score (nSPS) is 10.7. The third-order valence-corrected chi connectivity index (χ3v) is 2.39. The van der Waals surface area contributed by atoms with Gasteiger partial charge < -0.3 is 0 Å². The molecule has 0 spiro atoms. The van der Waals surface area contributed by atoms with E-state index in [0.717, 1.165) is 10.2 Å². The van der Waals surface area contributed by atoms with Crippen LogP contribution in [0.15, 0.2) is 17.5 Å². The number of aryl methyl sites for hydroxylation is 1. The standard InChI is InChI=1S/C8H6FNS/c1-5-7(9)4-6-2-3-11-8(6)10-5/h2-4H,1H3. The molecule has 2 aromatic rings. The van der Waals surface area contributed by atoms with E-state index in [1.54, 1.807) is 6.92 Å². The minimum absolute atomic E-state index is 0.226. The summed E-state index contributed by atoms with van der Waals surface area (Å²) in [7, 11) is 0. The molecule has 2 rings (SSSR count). The molecule has 3 heteroatoms. The molecule has 0 saturated carbocycles. The molecular weight excluding hydrogens is 161 g/mol. The maximum atomic E-state index is 12.9. The molecule has 0 radical (unpaired) electrons. The second-order valence-corrected chi connectivity index (χ2v) is 3.27. The third kappa shape index (κ3) is 1.01. The van der Waals surface area contributed by atoms with Gasteiger partial charge in [0.2, 0.25) is 0 Å². The molecule has 0 bridgehead atoms. The van der Waals surface area contributed by atoms with Crippen LogP contribution in [-0.4, -0.2) is 4.98 Å². The zero-order valence-corrected chi connectivity index (χ0v) is 6.78. The Labute approximate surface area is 67.5 Å². The number of aromatic nitrogens is 1. The fraction of sp³-hybridized carbons (Fsp3) is 0.125. The highest BCUT2D eigenvalue weighted by atomic mass is 32.1. The fourth-order valence-corrected chi connectivity index (χ4v) is 1.75. The summed E-state index contributed by atoms with van der Waals surface area (Å²) in [5, 5.41) is 2.80. The monoisotopic (exact) mass is 167 g/mol. The highest BCUT2D eigenvalue weighted by Crippen LogP contribution is 2.20. The zero-order chi connectivity index (χ0) is 7.84. The van der Waals surface area contributed by atoms with Crippen LogP contribution in [0.3, 0.4) is 0 Å². The Balaban J connectivity index is 2.86. The molecular formula is C8H6FNS. The molecule has 0 saturated heterocycles. The largest absolute Gasteiger partial charge is 0.239 e. The number of fused-ring (bicyclic) bond motifs is 1. The number of halogens is 1. The van der Waals surface area contributed by atoms with E-state index < -0.39 is 0 Å². The Morgan fingerprint density at radius 3 is 3.18 bits per heavy atom. The van der Waals surface area contributed by atoms with E-state index in [-0.39, 0.29) is 5.82 Å². The number of hydrogen-bond donors (Lipinski definition) is 0. The molecule has 2 aromatic heterocycles. The number of thiophene rings is 1. The number of pyridine rings is 1. The van der Waals surface area contributed by atoms with Gasteiger partial charge in [-0.15, -0.1) is 11.3 Å². The van der Waals surface area contributed by atoms with Crippen molar-refractivity contribution in [2.45, 2.75) is 6.92 Å². The first-order chi connectivity index (χ1) is 5.27. The second kappa shape index (κ2) is 2.27. The average molecular weight is 167 g/mol. The van der Waals surface area contributed by atoms with Crippen molar-refractivity contribution in [2.75, 3.05) is 0 Å². The van der Waals surface area contributed by atoms with Gasteiger partial charge in [0, 0.05) is 5.39 Å². The predicted octanol–water partition coefficient (Wildman–Crippen LogP) is 2.74. The van der Waals surface area contributed by atoms with Gasteiger partial charge in [-0.3, -0.25) is 0 Å². The fourth-order valence-electron chi connectivity index (χ4n) is 0.959. The SMILES string of the molecule is Cc1nc2sccc2cc1F. The molecule has 0 atom stereocenters. The maximum absolute atomic E-state index is 12.9. The topological polar surface area (TPSA) is 12.9 Å².